The lowest BCUT2D eigenvalue weighted by Gasteiger charge is -2.22. The smallest absolute Gasteiger partial charge is 0.296 e. The van der Waals surface area contributed by atoms with Gasteiger partial charge in [-0.3, -0.25) is 19.7 Å². The molecule has 1 heterocycles. The molecule has 11 nitrogen and oxygen atoms in total. The Morgan fingerprint density at radius 1 is 1.19 bits per heavy atom. The molecule has 0 aliphatic carbocycles. The molecule has 0 saturated heterocycles. The molecule has 37 heavy (non-hydrogen) atoms. The lowest BCUT2D eigenvalue weighted by Crippen LogP contribution is -2.33. The zero-order chi connectivity index (χ0) is 27.1. The average molecular weight is 527 g/mol. The Morgan fingerprint density at radius 2 is 1.95 bits per heavy atom. The summed E-state index contributed by atoms with van der Waals surface area (Å²) >= 11 is 1.16. The molecule has 0 aliphatic rings. The fourth-order valence-electron chi connectivity index (χ4n) is 3.69. The molecule has 2 amide bonds. The Hall–Kier alpha value is -3.93. The summed E-state index contributed by atoms with van der Waals surface area (Å²) in [5, 5.41) is 26.1. The molecule has 0 unspecified atom stereocenters. The van der Waals surface area contributed by atoms with E-state index >= 15 is 0 Å². The SMILES string of the molecule is CCn1c(SCC(=O)Nc2ccc(OC)cc2[N+](=O)[O-])nnc1[C@H](NC(=O)c1cccc(C)c1)C(C)C. The molecule has 3 aromatic rings. The standard InChI is InChI=1S/C25H30N6O5S/c1-6-30-23(22(15(2)3)27-24(33)17-9-7-8-16(4)12-17)28-29-25(30)37-14-21(32)26-19-11-10-18(36-5)13-20(19)31(34)35/h7-13,15,22H,6,14H2,1-5H3,(H,26,32)(H,27,33)/t22-/m1/s1. The molecule has 2 N–H and O–H groups in total. The van der Waals surface area contributed by atoms with Crippen LogP contribution < -0.4 is 15.4 Å². The van der Waals surface area contributed by atoms with Crippen molar-refractivity contribution in [3.63, 3.8) is 0 Å². The predicted molar refractivity (Wildman–Crippen MR) is 141 cm³/mol. The van der Waals surface area contributed by atoms with Crippen LogP contribution in [0.25, 0.3) is 0 Å². The molecule has 2 aromatic carbocycles. The van der Waals surface area contributed by atoms with Gasteiger partial charge in [-0.1, -0.05) is 43.3 Å². The number of nitro benzene ring substituents is 1. The molecule has 0 saturated carbocycles. The van der Waals surface area contributed by atoms with Gasteiger partial charge in [0.15, 0.2) is 11.0 Å². The van der Waals surface area contributed by atoms with Gasteiger partial charge in [0.25, 0.3) is 11.6 Å². The predicted octanol–water partition coefficient (Wildman–Crippen LogP) is 4.38. The van der Waals surface area contributed by atoms with Crippen LogP contribution in [0, 0.1) is 23.0 Å². The zero-order valence-corrected chi connectivity index (χ0v) is 22.2. The molecule has 0 radical (unpaired) electrons. The highest BCUT2D eigenvalue weighted by Gasteiger charge is 2.26. The quantitative estimate of drug-likeness (QED) is 0.213. The van der Waals surface area contributed by atoms with Crippen molar-refractivity contribution in [2.75, 3.05) is 18.2 Å². The summed E-state index contributed by atoms with van der Waals surface area (Å²) in [5.74, 6) is 0.258. The summed E-state index contributed by atoms with van der Waals surface area (Å²) in [5.41, 5.74) is 1.36. The number of rotatable bonds is 11. The molecular formula is C25H30N6O5S. The van der Waals surface area contributed by atoms with E-state index in [9.17, 15) is 19.7 Å². The van der Waals surface area contributed by atoms with E-state index in [-0.39, 0.29) is 29.0 Å². The number of aromatic nitrogens is 3. The van der Waals surface area contributed by atoms with Gasteiger partial charge in [-0.25, -0.2) is 0 Å². The Labute approximate surface area is 219 Å². The van der Waals surface area contributed by atoms with E-state index in [1.807, 2.05) is 50.5 Å². The van der Waals surface area contributed by atoms with Crippen LogP contribution in [-0.4, -0.2) is 44.4 Å². The van der Waals surface area contributed by atoms with Crippen molar-refractivity contribution in [2.45, 2.75) is 45.4 Å². The third kappa shape index (κ3) is 6.85. The zero-order valence-electron chi connectivity index (χ0n) is 21.3. The summed E-state index contributed by atoms with van der Waals surface area (Å²) in [6.07, 6.45) is 0. The Bertz CT molecular complexity index is 1290. The largest absolute Gasteiger partial charge is 0.496 e. The monoisotopic (exact) mass is 526 g/mol. The third-order valence-electron chi connectivity index (χ3n) is 5.58. The molecule has 0 fully saturated rings. The first kappa shape index (κ1) is 27.7. The molecule has 3 rings (SSSR count). The number of carbonyl (C=O) groups is 2. The molecule has 1 aromatic heterocycles. The number of hydrogen-bond donors (Lipinski definition) is 2. The molecule has 1 atom stereocenters. The second-order valence-corrected chi connectivity index (χ2v) is 9.57. The third-order valence-corrected chi connectivity index (χ3v) is 6.55. The van der Waals surface area contributed by atoms with Gasteiger partial charge < -0.3 is 19.9 Å². The van der Waals surface area contributed by atoms with Crippen molar-refractivity contribution in [1.82, 2.24) is 20.1 Å². The van der Waals surface area contributed by atoms with Crippen LogP contribution in [0.3, 0.4) is 0 Å². The van der Waals surface area contributed by atoms with Crippen molar-refractivity contribution in [1.29, 1.82) is 0 Å². The van der Waals surface area contributed by atoms with Crippen molar-refractivity contribution >= 4 is 35.0 Å². The Kier molecular flexibility index (Phi) is 9.23. The second-order valence-electron chi connectivity index (χ2n) is 8.63. The van der Waals surface area contributed by atoms with Crippen molar-refractivity contribution in [2.24, 2.45) is 5.92 Å². The van der Waals surface area contributed by atoms with Gasteiger partial charge in [-0.05, 0) is 44.0 Å². The lowest BCUT2D eigenvalue weighted by molar-refractivity contribution is -0.384. The molecule has 0 aliphatic heterocycles. The number of anilines is 1. The first-order chi connectivity index (χ1) is 17.6. The number of nitrogens with zero attached hydrogens (tertiary/aromatic N) is 4. The molecule has 196 valence electrons. The van der Waals surface area contributed by atoms with Crippen LogP contribution in [0.4, 0.5) is 11.4 Å². The van der Waals surface area contributed by atoms with Gasteiger partial charge in [-0.2, -0.15) is 0 Å². The fourth-order valence-corrected chi connectivity index (χ4v) is 4.50. The maximum Gasteiger partial charge on any atom is 0.296 e. The number of nitro groups is 1. The maximum absolute atomic E-state index is 12.9. The van der Waals surface area contributed by atoms with Crippen LogP contribution in [0.15, 0.2) is 47.6 Å². The number of carbonyl (C=O) groups excluding carboxylic acids is 2. The summed E-state index contributed by atoms with van der Waals surface area (Å²) in [6.45, 7) is 8.35. The van der Waals surface area contributed by atoms with E-state index in [1.54, 1.807) is 6.07 Å². The van der Waals surface area contributed by atoms with E-state index in [0.29, 0.717) is 28.8 Å². The number of ether oxygens (including phenoxy) is 1. The summed E-state index contributed by atoms with van der Waals surface area (Å²) < 4.78 is 6.88. The number of hydrogen-bond acceptors (Lipinski definition) is 8. The highest BCUT2D eigenvalue weighted by molar-refractivity contribution is 7.99. The first-order valence-corrected chi connectivity index (χ1v) is 12.7. The number of aryl methyl sites for hydroxylation is 1. The lowest BCUT2D eigenvalue weighted by atomic mass is 10.0. The van der Waals surface area contributed by atoms with Gasteiger partial charge in [0.1, 0.15) is 11.4 Å². The Balaban J connectivity index is 1.73. The van der Waals surface area contributed by atoms with Gasteiger partial charge in [-0.15, -0.1) is 10.2 Å². The maximum atomic E-state index is 12.9. The van der Waals surface area contributed by atoms with Crippen molar-refractivity contribution in [3.05, 3.63) is 69.5 Å². The van der Waals surface area contributed by atoms with Crippen molar-refractivity contribution < 1.29 is 19.2 Å². The number of amides is 2. The molecular weight excluding hydrogens is 496 g/mol. The summed E-state index contributed by atoms with van der Waals surface area (Å²) in [6, 6.07) is 11.2. The number of thioether (sulfide) groups is 1. The molecule has 12 heteroatoms. The minimum absolute atomic E-state index is 0.0278. The van der Waals surface area contributed by atoms with E-state index in [0.717, 1.165) is 17.3 Å². The van der Waals surface area contributed by atoms with E-state index in [1.165, 1.54) is 25.3 Å². The van der Waals surface area contributed by atoms with Gasteiger partial charge >= 0.3 is 0 Å². The summed E-state index contributed by atoms with van der Waals surface area (Å²) in [7, 11) is 1.41. The number of nitrogens with one attached hydrogen (secondary N) is 2. The van der Waals surface area contributed by atoms with E-state index in [2.05, 4.69) is 20.8 Å². The average Bonchev–Trinajstić information content (AvgIpc) is 3.28. The normalized spacial score (nSPS) is 11.7. The topological polar surface area (TPSA) is 141 Å². The first-order valence-electron chi connectivity index (χ1n) is 11.7. The minimum Gasteiger partial charge on any atom is -0.496 e. The number of benzene rings is 2. The van der Waals surface area contributed by atoms with Crippen molar-refractivity contribution in [3.8, 4) is 5.75 Å². The van der Waals surface area contributed by atoms with Crippen LogP contribution in [-0.2, 0) is 11.3 Å². The highest BCUT2D eigenvalue weighted by atomic mass is 32.2. The summed E-state index contributed by atoms with van der Waals surface area (Å²) in [4.78, 5) is 36.3. The van der Waals surface area contributed by atoms with E-state index < -0.39 is 16.9 Å². The van der Waals surface area contributed by atoms with Crippen LogP contribution >= 0.6 is 11.8 Å². The molecule has 0 bridgehead atoms. The van der Waals surface area contributed by atoms with E-state index in [4.69, 9.17) is 4.74 Å². The van der Waals surface area contributed by atoms with Crippen LogP contribution in [0.5, 0.6) is 5.75 Å². The van der Waals surface area contributed by atoms with Gasteiger partial charge in [0.2, 0.25) is 5.91 Å². The Morgan fingerprint density at radius 3 is 2.57 bits per heavy atom. The fraction of sp³-hybridized carbons (Fsp3) is 0.360. The van der Waals surface area contributed by atoms with Gasteiger partial charge in [0.05, 0.1) is 29.9 Å². The minimum atomic E-state index is -0.581. The van der Waals surface area contributed by atoms with Crippen LogP contribution in [0.2, 0.25) is 0 Å². The second kappa shape index (κ2) is 12.3. The number of methoxy groups -OCH3 is 1. The highest BCUT2D eigenvalue weighted by Crippen LogP contribution is 2.30. The van der Waals surface area contributed by atoms with Crippen LogP contribution in [0.1, 0.15) is 48.6 Å². The molecule has 0 spiro atoms. The van der Waals surface area contributed by atoms with Gasteiger partial charge in [0, 0.05) is 12.1 Å².